The van der Waals surface area contributed by atoms with Crippen LogP contribution in [0.5, 0.6) is 0 Å². The zero-order valence-corrected chi connectivity index (χ0v) is 7.74. The first-order chi connectivity index (χ1) is 6.61. The molecule has 1 aromatic rings. The summed E-state index contributed by atoms with van der Waals surface area (Å²) >= 11 is 0. The number of rotatable bonds is 1. The van der Waals surface area contributed by atoms with Gasteiger partial charge in [0.2, 0.25) is 0 Å². The normalized spacial score (nSPS) is 14.2. The fourth-order valence-electron chi connectivity index (χ4n) is 1.90. The molecule has 0 atom stereocenters. The van der Waals surface area contributed by atoms with Crippen LogP contribution in [0.1, 0.15) is 27.9 Å². The third kappa shape index (κ3) is 1.11. The second-order valence-electron chi connectivity index (χ2n) is 3.42. The topological polar surface area (TPSA) is 60.2 Å². The van der Waals surface area contributed by atoms with Gasteiger partial charge in [0.1, 0.15) is 0 Å². The Morgan fingerprint density at radius 3 is 2.71 bits per heavy atom. The number of Topliss-reactive ketones (excluding diaryl/α,β-unsaturated/α-hetero) is 1. The summed E-state index contributed by atoms with van der Waals surface area (Å²) in [5.74, 6) is 0.0954. The van der Waals surface area contributed by atoms with Crippen molar-refractivity contribution in [3.63, 3.8) is 0 Å². The van der Waals surface area contributed by atoms with Crippen LogP contribution in [0.25, 0.3) is 0 Å². The van der Waals surface area contributed by atoms with Crippen molar-refractivity contribution in [1.82, 2.24) is 0 Å². The molecule has 1 aliphatic carbocycles. The Morgan fingerprint density at radius 2 is 2.07 bits per heavy atom. The Bertz CT molecular complexity index is 437. The lowest BCUT2D eigenvalue weighted by Crippen LogP contribution is -1.97. The third-order valence-electron chi connectivity index (χ3n) is 2.67. The van der Waals surface area contributed by atoms with Gasteiger partial charge in [-0.3, -0.25) is 14.9 Å². The Balaban J connectivity index is 2.64. The number of carbonyl (C=O) groups is 1. The second-order valence-corrected chi connectivity index (χ2v) is 3.42. The van der Waals surface area contributed by atoms with E-state index in [0.717, 1.165) is 5.56 Å². The van der Waals surface area contributed by atoms with E-state index in [2.05, 4.69) is 0 Å². The van der Waals surface area contributed by atoms with Crippen molar-refractivity contribution in [3.05, 3.63) is 38.9 Å². The lowest BCUT2D eigenvalue weighted by molar-refractivity contribution is -0.385. The predicted molar refractivity (Wildman–Crippen MR) is 50.5 cm³/mol. The standard InChI is InChI=1S/C10H9NO3/c1-6-7-3-5-10(12)8(7)2-4-9(6)11(13)14/h2,4H,3,5H2,1H3. The molecule has 1 aliphatic rings. The maximum absolute atomic E-state index is 11.3. The lowest BCUT2D eigenvalue weighted by atomic mass is 10.0. The van der Waals surface area contributed by atoms with Gasteiger partial charge in [0.05, 0.1) is 4.92 Å². The summed E-state index contributed by atoms with van der Waals surface area (Å²) in [5, 5.41) is 10.6. The molecular formula is C10H9NO3. The Labute approximate surface area is 80.7 Å². The van der Waals surface area contributed by atoms with Gasteiger partial charge in [-0.1, -0.05) is 0 Å². The van der Waals surface area contributed by atoms with Gasteiger partial charge < -0.3 is 0 Å². The van der Waals surface area contributed by atoms with Crippen molar-refractivity contribution >= 4 is 11.5 Å². The number of nitro benzene ring substituents is 1. The molecule has 0 N–H and O–H groups in total. The highest BCUT2D eigenvalue weighted by Crippen LogP contribution is 2.30. The van der Waals surface area contributed by atoms with Gasteiger partial charge in [-0.2, -0.15) is 0 Å². The molecule has 72 valence electrons. The molecule has 0 radical (unpaired) electrons. The molecule has 0 unspecified atom stereocenters. The monoisotopic (exact) mass is 191 g/mol. The smallest absolute Gasteiger partial charge is 0.272 e. The lowest BCUT2D eigenvalue weighted by Gasteiger charge is -2.02. The number of benzene rings is 1. The molecule has 2 rings (SSSR count). The molecular weight excluding hydrogens is 182 g/mol. The molecule has 0 saturated carbocycles. The maximum atomic E-state index is 11.3. The molecule has 14 heavy (non-hydrogen) atoms. The molecule has 0 amide bonds. The van der Waals surface area contributed by atoms with E-state index in [4.69, 9.17) is 0 Å². The van der Waals surface area contributed by atoms with Gasteiger partial charge in [-0.15, -0.1) is 0 Å². The fraction of sp³-hybridized carbons (Fsp3) is 0.300. The molecule has 1 aromatic carbocycles. The van der Waals surface area contributed by atoms with E-state index < -0.39 is 4.92 Å². The molecule has 0 aliphatic heterocycles. The highest BCUT2D eigenvalue weighted by atomic mass is 16.6. The van der Waals surface area contributed by atoms with Crippen LogP contribution in [0.15, 0.2) is 12.1 Å². The summed E-state index contributed by atoms with van der Waals surface area (Å²) in [5.41, 5.74) is 2.26. The minimum Gasteiger partial charge on any atom is -0.294 e. The largest absolute Gasteiger partial charge is 0.294 e. The zero-order valence-electron chi connectivity index (χ0n) is 7.74. The summed E-state index contributed by atoms with van der Waals surface area (Å²) in [6.07, 6.45) is 1.12. The van der Waals surface area contributed by atoms with E-state index in [1.165, 1.54) is 6.07 Å². The van der Waals surface area contributed by atoms with E-state index in [9.17, 15) is 14.9 Å². The second kappa shape index (κ2) is 2.90. The molecule has 4 nitrogen and oxygen atoms in total. The average molecular weight is 191 g/mol. The van der Waals surface area contributed by atoms with Crippen LogP contribution >= 0.6 is 0 Å². The minimum absolute atomic E-state index is 0.0954. The van der Waals surface area contributed by atoms with Crippen LogP contribution in [0, 0.1) is 17.0 Å². The van der Waals surface area contributed by atoms with E-state index in [1.807, 2.05) is 0 Å². The number of nitro groups is 1. The van der Waals surface area contributed by atoms with E-state index in [-0.39, 0.29) is 11.5 Å². The fourth-order valence-corrected chi connectivity index (χ4v) is 1.90. The average Bonchev–Trinajstić information content (AvgIpc) is 2.49. The Morgan fingerprint density at radius 1 is 1.36 bits per heavy atom. The van der Waals surface area contributed by atoms with Crippen LogP contribution in [-0.2, 0) is 6.42 Å². The van der Waals surface area contributed by atoms with Crippen LogP contribution in [-0.4, -0.2) is 10.7 Å². The van der Waals surface area contributed by atoms with Gasteiger partial charge in [0.15, 0.2) is 5.78 Å². The van der Waals surface area contributed by atoms with E-state index in [0.29, 0.717) is 24.0 Å². The SMILES string of the molecule is Cc1c([N+](=O)[O-])ccc2c1CCC2=O. The van der Waals surface area contributed by atoms with Gasteiger partial charge in [0, 0.05) is 23.6 Å². The number of carbonyl (C=O) groups excluding carboxylic acids is 1. The molecule has 0 heterocycles. The van der Waals surface area contributed by atoms with Crippen molar-refractivity contribution in [2.24, 2.45) is 0 Å². The van der Waals surface area contributed by atoms with Crippen molar-refractivity contribution in [3.8, 4) is 0 Å². The Hall–Kier alpha value is -1.71. The summed E-state index contributed by atoms with van der Waals surface area (Å²) < 4.78 is 0. The van der Waals surface area contributed by atoms with Crippen LogP contribution < -0.4 is 0 Å². The first-order valence-electron chi connectivity index (χ1n) is 4.41. The molecule has 0 bridgehead atoms. The van der Waals surface area contributed by atoms with Crippen molar-refractivity contribution in [2.75, 3.05) is 0 Å². The number of ketones is 1. The molecule has 0 spiro atoms. The third-order valence-corrected chi connectivity index (χ3v) is 2.67. The van der Waals surface area contributed by atoms with Crippen molar-refractivity contribution in [1.29, 1.82) is 0 Å². The number of fused-ring (bicyclic) bond motifs is 1. The van der Waals surface area contributed by atoms with Crippen molar-refractivity contribution in [2.45, 2.75) is 19.8 Å². The maximum Gasteiger partial charge on any atom is 0.272 e. The van der Waals surface area contributed by atoms with Crippen LogP contribution in [0.2, 0.25) is 0 Å². The van der Waals surface area contributed by atoms with E-state index >= 15 is 0 Å². The number of hydrogen-bond acceptors (Lipinski definition) is 3. The quantitative estimate of drug-likeness (QED) is 0.504. The number of nitrogens with zero attached hydrogens (tertiary/aromatic N) is 1. The van der Waals surface area contributed by atoms with Crippen molar-refractivity contribution < 1.29 is 9.72 Å². The van der Waals surface area contributed by atoms with Crippen LogP contribution in [0.3, 0.4) is 0 Å². The summed E-state index contributed by atoms with van der Waals surface area (Å²) in [6, 6.07) is 2.98. The van der Waals surface area contributed by atoms with Gasteiger partial charge >= 0.3 is 0 Å². The molecule has 0 aromatic heterocycles. The minimum atomic E-state index is -0.404. The summed E-state index contributed by atoms with van der Waals surface area (Å²) in [6.45, 7) is 1.70. The van der Waals surface area contributed by atoms with Gasteiger partial charge in [0.25, 0.3) is 5.69 Å². The van der Waals surface area contributed by atoms with Gasteiger partial charge in [-0.25, -0.2) is 0 Å². The highest BCUT2D eigenvalue weighted by molar-refractivity contribution is 6.01. The zero-order chi connectivity index (χ0) is 10.3. The van der Waals surface area contributed by atoms with Gasteiger partial charge in [-0.05, 0) is 25.0 Å². The van der Waals surface area contributed by atoms with Crippen LogP contribution in [0.4, 0.5) is 5.69 Å². The summed E-state index contributed by atoms with van der Waals surface area (Å²) in [4.78, 5) is 21.5. The predicted octanol–water partition coefficient (Wildman–Crippen LogP) is 2.03. The molecule has 0 fully saturated rings. The molecule has 4 heteroatoms. The van der Waals surface area contributed by atoms with E-state index in [1.54, 1.807) is 13.0 Å². The first kappa shape index (κ1) is 8.87. The summed E-state index contributed by atoms with van der Waals surface area (Å²) in [7, 11) is 0. The number of hydrogen-bond donors (Lipinski definition) is 0. The highest BCUT2D eigenvalue weighted by Gasteiger charge is 2.25. The molecule has 0 saturated heterocycles. The Kier molecular flexibility index (Phi) is 1.84. The first-order valence-corrected chi connectivity index (χ1v) is 4.41.